The maximum Gasteiger partial charge on any atom is 0.234 e. The first-order valence-corrected chi connectivity index (χ1v) is 9.42. The first kappa shape index (κ1) is 17.6. The van der Waals surface area contributed by atoms with Crippen LogP contribution in [0.1, 0.15) is 0 Å². The molecule has 0 saturated heterocycles. The van der Waals surface area contributed by atoms with E-state index in [1.807, 2.05) is 30.3 Å². The SMILES string of the molecule is O=C(CSc1nnnn1-c1ccccc1)Nc1cc2c(cc1Cl)OCCO2. The molecule has 27 heavy (non-hydrogen) atoms. The van der Waals surface area contributed by atoms with Gasteiger partial charge < -0.3 is 14.8 Å². The number of hydrogen-bond acceptors (Lipinski definition) is 7. The van der Waals surface area contributed by atoms with Crippen LogP contribution < -0.4 is 14.8 Å². The van der Waals surface area contributed by atoms with Crippen LogP contribution in [0.2, 0.25) is 5.02 Å². The van der Waals surface area contributed by atoms with Crippen LogP contribution in [-0.4, -0.2) is 45.1 Å². The molecule has 1 amide bonds. The number of fused-ring (bicyclic) bond motifs is 1. The molecular weight excluding hydrogens is 390 g/mol. The normalized spacial score (nSPS) is 12.6. The molecule has 0 aliphatic carbocycles. The summed E-state index contributed by atoms with van der Waals surface area (Å²) >= 11 is 7.44. The molecular formula is C17H14ClN5O3S. The highest BCUT2D eigenvalue weighted by atomic mass is 35.5. The Morgan fingerprint density at radius 2 is 1.93 bits per heavy atom. The van der Waals surface area contributed by atoms with Gasteiger partial charge in [-0.2, -0.15) is 4.68 Å². The molecule has 138 valence electrons. The number of carbonyl (C=O) groups is 1. The number of benzene rings is 2. The highest BCUT2D eigenvalue weighted by Gasteiger charge is 2.17. The largest absolute Gasteiger partial charge is 0.486 e. The van der Waals surface area contributed by atoms with Crippen LogP contribution in [0.5, 0.6) is 11.5 Å². The van der Waals surface area contributed by atoms with E-state index >= 15 is 0 Å². The predicted molar refractivity (Wildman–Crippen MR) is 101 cm³/mol. The summed E-state index contributed by atoms with van der Waals surface area (Å²) in [6.07, 6.45) is 0. The molecule has 0 spiro atoms. The van der Waals surface area contributed by atoms with Gasteiger partial charge in [-0.3, -0.25) is 4.79 Å². The molecule has 2 aromatic carbocycles. The van der Waals surface area contributed by atoms with Crippen LogP contribution in [0.15, 0.2) is 47.6 Å². The van der Waals surface area contributed by atoms with Gasteiger partial charge in [0.25, 0.3) is 0 Å². The molecule has 10 heteroatoms. The molecule has 1 aromatic heterocycles. The van der Waals surface area contributed by atoms with Gasteiger partial charge in [0, 0.05) is 12.1 Å². The number of nitrogens with one attached hydrogen (secondary N) is 1. The zero-order chi connectivity index (χ0) is 18.6. The lowest BCUT2D eigenvalue weighted by Gasteiger charge is -2.20. The fourth-order valence-corrected chi connectivity index (χ4v) is 3.37. The van der Waals surface area contributed by atoms with Gasteiger partial charge in [-0.25, -0.2) is 0 Å². The van der Waals surface area contributed by atoms with Crippen LogP contribution in [0.3, 0.4) is 0 Å². The smallest absolute Gasteiger partial charge is 0.234 e. The van der Waals surface area contributed by atoms with Crippen LogP contribution in [-0.2, 0) is 4.79 Å². The minimum absolute atomic E-state index is 0.123. The fourth-order valence-electron chi connectivity index (χ4n) is 2.48. The van der Waals surface area contributed by atoms with E-state index in [-0.39, 0.29) is 11.7 Å². The molecule has 0 atom stereocenters. The number of hydrogen-bond donors (Lipinski definition) is 1. The number of tetrazole rings is 1. The molecule has 0 bridgehead atoms. The zero-order valence-corrected chi connectivity index (χ0v) is 15.5. The van der Waals surface area contributed by atoms with Gasteiger partial charge in [-0.15, -0.1) is 5.10 Å². The van der Waals surface area contributed by atoms with Crippen molar-refractivity contribution in [2.24, 2.45) is 0 Å². The van der Waals surface area contributed by atoms with Crippen LogP contribution >= 0.6 is 23.4 Å². The Kier molecular flexibility index (Phi) is 5.12. The zero-order valence-electron chi connectivity index (χ0n) is 14.0. The number of halogens is 1. The molecule has 0 fully saturated rings. The topological polar surface area (TPSA) is 91.2 Å². The Morgan fingerprint density at radius 1 is 1.19 bits per heavy atom. The average Bonchev–Trinajstić information content (AvgIpc) is 3.16. The summed E-state index contributed by atoms with van der Waals surface area (Å²) in [4.78, 5) is 12.3. The van der Waals surface area contributed by atoms with E-state index in [1.54, 1.807) is 16.8 Å². The van der Waals surface area contributed by atoms with E-state index in [1.165, 1.54) is 11.8 Å². The molecule has 1 aliphatic rings. The summed E-state index contributed by atoms with van der Waals surface area (Å²) < 4.78 is 12.6. The molecule has 1 aliphatic heterocycles. The Morgan fingerprint density at radius 3 is 2.70 bits per heavy atom. The van der Waals surface area contributed by atoms with Crippen molar-refractivity contribution in [2.45, 2.75) is 5.16 Å². The summed E-state index contributed by atoms with van der Waals surface area (Å²) in [6.45, 7) is 0.932. The van der Waals surface area contributed by atoms with Gasteiger partial charge in [-0.05, 0) is 22.6 Å². The van der Waals surface area contributed by atoms with Crippen LogP contribution in [0.4, 0.5) is 5.69 Å². The number of amides is 1. The summed E-state index contributed by atoms with van der Waals surface area (Å²) in [5.41, 5.74) is 1.29. The summed E-state index contributed by atoms with van der Waals surface area (Å²) in [5, 5.41) is 15.3. The number of para-hydroxylation sites is 1. The molecule has 0 unspecified atom stereocenters. The van der Waals surface area contributed by atoms with Crippen molar-refractivity contribution in [2.75, 3.05) is 24.3 Å². The Balaban J connectivity index is 1.42. The maximum atomic E-state index is 12.3. The second kappa shape index (κ2) is 7.85. The highest BCUT2D eigenvalue weighted by Crippen LogP contribution is 2.38. The van der Waals surface area contributed by atoms with Gasteiger partial charge in [-0.1, -0.05) is 41.6 Å². The van der Waals surface area contributed by atoms with Crippen molar-refractivity contribution in [1.29, 1.82) is 0 Å². The maximum absolute atomic E-state index is 12.3. The molecule has 8 nitrogen and oxygen atoms in total. The second-order valence-corrected chi connectivity index (χ2v) is 6.87. The van der Waals surface area contributed by atoms with E-state index < -0.39 is 0 Å². The minimum Gasteiger partial charge on any atom is -0.486 e. The molecule has 1 N–H and O–H groups in total. The van der Waals surface area contributed by atoms with Crippen molar-refractivity contribution in [1.82, 2.24) is 20.2 Å². The van der Waals surface area contributed by atoms with Crippen molar-refractivity contribution in [3.63, 3.8) is 0 Å². The van der Waals surface area contributed by atoms with E-state index in [0.717, 1.165) is 5.69 Å². The van der Waals surface area contributed by atoms with Gasteiger partial charge >= 0.3 is 0 Å². The van der Waals surface area contributed by atoms with Gasteiger partial charge in [0.2, 0.25) is 11.1 Å². The third-order valence-corrected chi connectivity index (χ3v) is 4.91. The number of thioether (sulfide) groups is 1. The van der Waals surface area contributed by atoms with Crippen molar-refractivity contribution in [3.8, 4) is 17.2 Å². The van der Waals surface area contributed by atoms with E-state index in [0.29, 0.717) is 40.6 Å². The first-order valence-electron chi connectivity index (χ1n) is 8.06. The number of ether oxygens (including phenoxy) is 2. The van der Waals surface area contributed by atoms with Crippen LogP contribution in [0.25, 0.3) is 5.69 Å². The number of rotatable bonds is 5. The number of aromatic nitrogens is 4. The minimum atomic E-state index is -0.235. The molecule has 3 aromatic rings. The summed E-state index contributed by atoms with van der Waals surface area (Å²) in [7, 11) is 0. The fraction of sp³-hybridized carbons (Fsp3) is 0.176. The Hall–Kier alpha value is -2.78. The lowest BCUT2D eigenvalue weighted by molar-refractivity contribution is -0.113. The Bertz CT molecular complexity index is 966. The van der Waals surface area contributed by atoms with Gasteiger partial charge in [0.15, 0.2) is 11.5 Å². The average molecular weight is 404 g/mol. The summed E-state index contributed by atoms with van der Waals surface area (Å²) in [5.74, 6) is 1.02. The third-order valence-electron chi connectivity index (χ3n) is 3.68. The van der Waals surface area contributed by atoms with Gasteiger partial charge in [0.1, 0.15) is 13.2 Å². The first-order chi connectivity index (χ1) is 13.2. The lowest BCUT2D eigenvalue weighted by Crippen LogP contribution is -2.17. The van der Waals surface area contributed by atoms with E-state index in [9.17, 15) is 4.79 Å². The number of anilines is 1. The lowest BCUT2D eigenvalue weighted by atomic mass is 10.2. The third kappa shape index (κ3) is 3.99. The monoisotopic (exact) mass is 403 g/mol. The molecule has 2 heterocycles. The predicted octanol–water partition coefficient (Wildman–Crippen LogP) is 2.82. The van der Waals surface area contributed by atoms with E-state index in [2.05, 4.69) is 20.8 Å². The van der Waals surface area contributed by atoms with Crippen molar-refractivity contribution >= 4 is 35.0 Å². The van der Waals surface area contributed by atoms with E-state index in [4.69, 9.17) is 21.1 Å². The molecule has 0 radical (unpaired) electrons. The standard InChI is InChI=1S/C17H14ClN5O3S/c18-12-8-14-15(26-7-6-25-14)9-13(12)19-16(24)10-27-17-20-21-22-23(17)11-4-2-1-3-5-11/h1-5,8-9H,6-7,10H2,(H,19,24). The van der Waals surface area contributed by atoms with Crippen molar-refractivity contribution < 1.29 is 14.3 Å². The van der Waals surface area contributed by atoms with Crippen LogP contribution in [0, 0.1) is 0 Å². The highest BCUT2D eigenvalue weighted by molar-refractivity contribution is 7.99. The Labute approximate surface area is 163 Å². The second-order valence-electron chi connectivity index (χ2n) is 5.52. The van der Waals surface area contributed by atoms with Gasteiger partial charge in [0.05, 0.1) is 22.2 Å². The number of carbonyl (C=O) groups excluding carboxylic acids is 1. The molecule has 0 saturated carbocycles. The quantitative estimate of drug-likeness (QED) is 0.655. The summed E-state index contributed by atoms with van der Waals surface area (Å²) in [6, 6.07) is 12.8. The number of nitrogens with zero attached hydrogens (tertiary/aromatic N) is 4. The van der Waals surface area contributed by atoms with Crippen molar-refractivity contribution in [3.05, 3.63) is 47.5 Å². The molecule has 4 rings (SSSR count).